The molecule has 0 heterocycles. The number of hydrogen-bond acceptors (Lipinski definition) is 2. The summed E-state index contributed by atoms with van der Waals surface area (Å²) in [5.41, 5.74) is 3.60. The second kappa shape index (κ2) is 5.35. The van der Waals surface area contributed by atoms with Crippen molar-refractivity contribution in [1.82, 2.24) is 0 Å². The standard InChI is InChI=1S/C15H20O2/c1-11-8-14(4-3-7-16)9-12(2)15(11)17-10-13-5-6-13/h7-9,13H,3-6,10H2,1-2H3. The Labute approximate surface area is 103 Å². The van der Waals surface area contributed by atoms with Gasteiger partial charge in [-0.3, -0.25) is 0 Å². The predicted octanol–water partition coefficient (Wildman–Crippen LogP) is 3.22. The fourth-order valence-electron chi connectivity index (χ4n) is 2.12. The van der Waals surface area contributed by atoms with Gasteiger partial charge in [-0.05, 0) is 55.7 Å². The van der Waals surface area contributed by atoms with Crippen LogP contribution in [0.4, 0.5) is 0 Å². The van der Waals surface area contributed by atoms with Gasteiger partial charge in [-0.25, -0.2) is 0 Å². The summed E-state index contributed by atoms with van der Waals surface area (Å²) < 4.78 is 5.88. The van der Waals surface area contributed by atoms with Crippen LogP contribution in [-0.4, -0.2) is 12.9 Å². The van der Waals surface area contributed by atoms with Crippen LogP contribution in [0.15, 0.2) is 12.1 Å². The Kier molecular flexibility index (Phi) is 3.82. The Morgan fingerprint density at radius 1 is 1.29 bits per heavy atom. The number of aryl methyl sites for hydroxylation is 3. The topological polar surface area (TPSA) is 26.3 Å². The highest BCUT2D eigenvalue weighted by molar-refractivity contribution is 5.51. The van der Waals surface area contributed by atoms with E-state index in [4.69, 9.17) is 4.74 Å². The molecule has 1 saturated carbocycles. The van der Waals surface area contributed by atoms with Gasteiger partial charge in [0.1, 0.15) is 12.0 Å². The molecule has 2 nitrogen and oxygen atoms in total. The van der Waals surface area contributed by atoms with Gasteiger partial charge in [0, 0.05) is 6.42 Å². The van der Waals surface area contributed by atoms with Crippen molar-refractivity contribution >= 4 is 6.29 Å². The molecule has 1 aliphatic carbocycles. The first-order chi connectivity index (χ1) is 8.20. The lowest BCUT2D eigenvalue weighted by Gasteiger charge is -2.13. The van der Waals surface area contributed by atoms with Crippen molar-refractivity contribution in [2.45, 2.75) is 39.5 Å². The van der Waals surface area contributed by atoms with Gasteiger partial charge in [0.25, 0.3) is 0 Å². The molecule has 0 saturated heterocycles. The van der Waals surface area contributed by atoms with E-state index >= 15 is 0 Å². The van der Waals surface area contributed by atoms with E-state index in [0.717, 1.165) is 31.0 Å². The molecule has 0 N–H and O–H groups in total. The molecule has 1 aromatic rings. The second-order valence-corrected chi connectivity index (χ2v) is 5.02. The highest BCUT2D eigenvalue weighted by Gasteiger charge is 2.22. The van der Waals surface area contributed by atoms with Crippen LogP contribution in [0.5, 0.6) is 5.75 Å². The Balaban J connectivity index is 2.06. The van der Waals surface area contributed by atoms with Gasteiger partial charge in [0.15, 0.2) is 0 Å². The molecular weight excluding hydrogens is 212 g/mol. The number of carbonyl (C=O) groups excluding carboxylic acids is 1. The Bertz CT molecular complexity index is 382. The fourth-order valence-corrected chi connectivity index (χ4v) is 2.12. The first-order valence-electron chi connectivity index (χ1n) is 6.37. The molecule has 2 heteroatoms. The molecule has 1 aliphatic rings. The van der Waals surface area contributed by atoms with Crippen LogP contribution in [0.1, 0.15) is 36.0 Å². The Hall–Kier alpha value is -1.31. The lowest BCUT2D eigenvalue weighted by atomic mass is 10.0. The van der Waals surface area contributed by atoms with Gasteiger partial charge in [-0.1, -0.05) is 12.1 Å². The van der Waals surface area contributed by atoms with Crippen molar-refractivity contribution in [1.29, 1.82) is 0 Å². The number of carbonyl (C=O) groups is 1. The molecule has 17 heavy (non-hydrogen) atoms. The first-order valence-corrected chi connectivity index (χ1v) is 6.37. The van der Waals surface area contributed by atoms with E-state index in [1.54, 1.807) is 0 Å². The molecule has 0 bridgehead atoms. The third-order valence-electron chi connectivity index (χ3n) is 3.23. The molecule has 1 fully saturated rings. The van der Waals surface area contributed by atoms with E-state index in [2.05, 4.69) is 26.0 Å². The molecule has 2 rings (SSSR count). The average molecular weight is 232 g/mol. The number of hydrogen-bond donors (Lipinski definition) is 0. The van der Waals surface area contributed by atoms with Crippen molar-refractivity contribution < 1.29 is 9.53 Å². The van der Waals surface area contributed by atoms with Crippen LogP contribution < -0.4 is 4.74 Å². The highest BCUT2D eigenvalue weighted by Crippen LogP contribution is 2.32. The Morgan fingerprint density at radius 2 is 1.94 bits per heavy atom. The number of benzene rings is 1. The monoisotopic (exact) mass is 232 g/mol. The summed E-state index contributed by atoms with van der Waals surface area (Å²) in [5.74, 6) is 1.82. The number of aldehydes is 1. The summed E-state index contributed by atoms with van der Waals surface area (Å²) in [6.07, 6.45) is 5.03. The van der Waals surface area contributed by atoms with Crippen LogP contribution in [0.2, 0.25) is 0 Å². The van der Waals surface area contributed by atoms with E-state index in [-0.39, 0.29) is 0 Å². The van der Waals surface area contributed by atoms with Gasteiger partial charge < -0.3 is 9.53 Å². The maximum atomic E-state index is 10.4. The number of rotatable bonds is 6. The molecule has 1 aromatic carbocycles. The van der Waals surface area contributed by atoms with E-state index in [1.165, 1.54) is 29.5 Å². The maximum absolute atomic E-state index is 10.4. The van der Waals surface area contributed by atoms with Gasteiger partial charge in [-0.2, -0.15) is 0 Å². The van der Waals surface area contributed by atoms with Crippen molar-refractivity contribution in [2.75, 3.05) is 6.61 Å². The summed E-state index contributed by atoms with van der Waals surface area (Å²) in [4.78, 5) is 10.4. The van der Waals surface area contributed by atoms with Crippen molar-refractivity contribution in [3.8, 4) is 5.75 Å². The first kappa shape index (κ1) is 12.2. The zero-order valence-corrected chi connectivity index (χ0v) is 10.7. The quantitative estimate of drug-likeness (QED) is 0.704. The molecule has 0 unspecified atom stereocenters. The van der Waals surface area contributed by atoms with Gasteiger partial charge in [0.05, 0.1) is 6.61 Å². The van der Waals surface area contributed by atoms with E-state index < -0.39 is 0 Å². The molecule has 0 atom stereocenters. The van der Waals surface area contributed by atoms with E-state index in [9.17, 15) is 4.79 Å². The third-order valence-corrected chi connectivity index (χ3v) is 3.23. The predicted molar refractivity (Wildman–Crippen MR) is 68.5 cm³/mol. The lowest BCUT2D eigenvalue weighted by Crippen LogP contribution is -2.03. The third kappa shape index (κ3) is 3.32. The fraction of sp³-hybridized carbons (Fsp3) is 0.533. The summed E-state index contributed by atoms with van der Waals surface area (Å²) in [7, 11) is 0. The molecular formula is C15H20O2. The largest absolute Gasteiger partial charge is 0.493 e. The smallest absolute Gasteiger partial charge is 0.125 e. The second-order valence-electron chi connectivity index (χ2n) is 5.02. The zero-order valence-electron chi connectivity index (χ0n) is 10.7. The van der Waals surface area contributed by atoms with Gasteiger partial charge in [-0.15, -0.1) is 0 Å². The van der Waals surface area contributed by atoms with Gasteiger partial charge >= 0.3 is 0 Å². The molecule has 0 aromatic heterocycles. The highest BCUT2D eigenvalue weighted by atomic mass is 16.5. The molecule has 0 amide bonds. The molecule has 0 radical (unpaired) electrons. The molecule has 0 spiro atoms. The van der Waals surface area contributed by atoms with Crippen LogP contribution in [0, 0.1) is 19.8 Å². The normalized spacial score (nSPS) is 14.7. The maximum Gasteiger partial charge on any atom is 0.125 e. The zero-order chi connectivity index (χ0) is 12.3. The van der Waals surface area contributed by atoms with Crippen molar-refractivity contribution in [3.05, 3.63) is 28.8 Å². The minimum absolute atomic E-state index is 0.598. The SMILES string of the molecule is Cc1cc(CCC=O)cc(C)c1OCC1CC1. The van der Waals surface area contributed by atoms with E-state index in [1.807, 2.05) is 0 Å². The minimum atomic E-state index is 0.598. The lowest BCUT2D eigenvalue weighted by molar-refractivity contribution is -0.107. The van der Waals surface area contributed by atoms with Crippen LogP contribution >= 0.6 is 0 Å². The van der Waals surface area contributed by atoms with Crippen LogP contribution in [0.3, 0.4) is 0 Å². The van der Waals surface area contributed by atoms with Crippen molar-refractivity contribution in [2.24, 2.45) is 5.92 Å². The Morgan fingerprint density at radius 3 is 2.47 bits per heavy atom. The summed E-state index contributed by atoms with van der Waals surface area (Å²) in [6, 6.07) is 4.28. The van der Waals surface area contributed by atoms with Crippen LogP contribution in [0.25, 0.3) is 0 Å². The average Bonchev–Trinajstić information content (AvgIpc) is 3.09. The summed E-state index contributed by atoms with van der Waals surface area (Å²) in [6.45, 7) is 5.02. The summed E-state index contributed by atoms with van der Waals surface area (Å²) >= 11 is 0. The van der Waals surface area contributed by atoms with Crippen LogP contribution in [-0.2, 0) is 11.2 Å². The van der Waals surface area contributed by atoms with Gasteiger partial charge in [0.2, 0.25) is 0 Å². The van der Waals surface area contributed by atoms with Crippen molar-refractivity contribution in [3.63, 3.8) is 0 Å². The summed E-state index contributed by atoms with van der Waals surface area (Å²) in [5, 5.41) is 0. The molecule has 92 valence electrons. The van der Waals surface area contributed by atoms with E-state index in [0.29, 0.717) is 6.42 Å². The molecule has 0 aliphatic heterocycles. The minimum Gasteiger partial charge on any atom is -0.493 e. The number of ether oxygens (including phenoxy) is 1.